The van der Waals surface area contributed by atoms with E-state index in [4.69, 9.17) is 4.42 Å². The summed E-state index contributed by atoms with van der Waals surface area (Å²) < 4.78 is 6.22. The molecule has 0 unspecified atom stereocenters. The molecule has 2 aromatic heterocycles. The maximum Gasteiger partial charge on any atom is 0.146 e. The van der Waals surface area contributed by atoms with Gasteiger partial charge in [-0.3, -0.25) is 5.43 Å². The van der Waals surface area contributed by atoms with Crippen molar-refractivity contribution in [2.75, 3.05) is 5.43 Å². The van der Waals surface area contributed by atoms with Crippen LogP contribution in [0.2, 0.25) is 0 Å². The molecule has 5 rings (SSSR count). The van der Waals surface area contributed by atoms with Gasteiger partial charge in [-0.25, -0.2) is 4.98 Å². The molecule has 0 aliphatic rings. The Hall–Kier alpha value is -3.92. The van der Waals surface area contributed by atoms with Gasteiger partial charge in [0, 0.05) is 22.4 Å². The largest absolute Gasteiger partial charge is 0.456 e. The minimum atomic E-state index is 0.107. The van der Waals surface area contributed by atoms with Crippen molar-refractivity contribution in [1.29, 1.82) is 0 Å². The molecule has 0 aliphatic heterocycles. The van der Waals surface area contributed by atoms with Crippen molar-refractivity contribution >= 4 is 27.7 Å². The molecule has 0 radical (unpaired) electrons. The average Bonchev–Trinajstić information content (AvgIpc) is 2.82. The van der Waals surface area contributed by atoms with Gasteiger partial charge >= 0.3 is 0 Å². The second-order valence-electron chi connectivity index (χ2n) is 8.93. The zero-order chi connectivity index (χ0) is 22.1. The van der Waals surface area contributed by atoms with Crippen LogP contribution in [0.5, 0.6) is 0 Å². The van der Waals surface area contributed by atoms with Crippen molar-refractivity contribution in [2.45, 2.75) is 26.2 Å². The summed E-state index contributed by atoms with van der Waals surface area (Å²) in [6.45, 7) is 6.64. The molecule has 0 atom stereocenters. The maximum absolute atomic E-state index is 6.22. The van der Waals surface area contributed by atoms with Gasteiger partial charge in [-0.15, -0.1) is 0 Å². The number of hydrogen-bond acceptors (Lipinski definition) is 4. The first kappa shape index (κ1) is 20.0. The predicted octanol–water partition coefficient (Wildman–Crippen LogP) is 6.87. The van der Waals surface area contributed by atoms with Gasteiger partial charge in [0.05, 0.1) is 10.9 Å². The van der Waals surface area contributed by atoms with Crippen molar-refractivity contribution in [3.63, 3.8) is 0 Å². The molecule has 4 nitrogen and oxygen atoms in total. The average molecular weight is 420 g/mol. The first-order valence-corrected chi connectivity index (χ1v) is 10.8. The van der Waals surface area contributed by atoms with E-state index >= 15 is 0 Å². The summed E-state index contributed by atoms with van der Waals surface area (Å²) in [7, 11) is 0. The Morgan fingerprint density at radius 2 is 1.56 bits per heavy atom. The minimum absolute atomic E-state index is 0.107. The highest BCUT2D eigenvalue weighted by Gasteiger charge is 2.14. The number of fused-ring (bicyclic) bond motifs is 2. The van der Waals surface area contributed by atoms with Gasteiger partial charge in [0.1, 0.15) is 17.2 Å². The second-order valence-corrected chi connectivity index (χ2v) is 8.93. The zero-order valence-electron chi connectivity index (χ0n) is 18.5. The van der Waals surface area contributed by atoms with Crippen LogP contribution in [0.15, 0.2) is 101 Å². The van der Waals surface area contributed by atoms with Crippen molar-refractivity contribution in [1.82, 2.24) is 4.98 Å². The van der Waals surface area contributed by atoms with Crippen LogP contribution in [0.4, 0.5) is 5.82 Å². The molecule has 0 amide bonds. The summed E-state index contributed by atoms with van der Waals surface area (Å²) in [5, 5.41) is 7.53. The summed E-state index contributed by atoms with van der Waals surface area (Å²) in [5.74, 6) is 1.47. The molecule has 3 aromatic carbocycles. The Morgan fingerprint density at radius 1 is 0.812 bits per heavy atom. The fraction of sp³-hybridized carbons (Fsp3) is 0.143. The van der Waals surface area contributed by atoms with Crippen LogP contribution >= 0.6 is 0 Å². The molecule has 0 spiro atoms. The van der Waals surface area contributed by atoms with Gasteiger partial charge in [0.15, 0.2) is 0 Å². The third-order valence-electron chi connectivity index (χ3n) is 5.58. The summed E-state index contributed by atoms with van der Waals surface area (Å²) in [4.78, 5) is 4.66. The van der Waals surface area contributed by atoms with Crippen molar-refractivity contribution in [2.24, 2.45) is 5.10 Å². The topological polar surface area (TPSA) is 50.4 Å². The number of para-hydroxylation sites is 2. The molecule has 0 saturated carbocycles. The Morgan fingerprint density at radius 3 is 2.38 bits per heavy atom. The minimum Gasteiger partial charge on any atom is -0.456 e. The van der Waals surface area contributed by atoms with Gasteiger partial charge in [-0.1, -0.05) is 75.4 Å². The first-order valence-electron chi connectivity index (χ1n) is 10.8. The Bertz CT molecular complexity index is 1480. The Balaban J connectivity index is 1.57. The fourth-order valence-electron chi connectivity index (χ4n) is 3.73. The number of anilines is 1. The number of nitrogens with one attached hydrogen (secondary N) is 1. The SMILES string of the molecule is CC(C)(C)c1ccc(-c2c/c(=N/Nc3ccc4ccccc4n3)c3ccccc3o2)cc1. The number of hydrogen-bond donors (Lipinski definition) is 1. The quantitative estimate of drug-likeness (QED) is 0.325. The number of aromatic nitrogens is 1. The summed E-state index contributed by atoms with van der Waals surface area (Å²) in [6.07, 6.45) is 0. The summed E-state index contributed by atoms with van der Waals surface area (Å²) in [5.41, 5.74) is 7.26. The maximum atomic E-state index is 6.22. The van der Waals surface area contributed by atoms with E-state index in [1.54, 1.807) is 0 Å². The van der Waals surface area contributed by atoms with Crippen LogP contribution in [0.25, 0.3) is 33.2 Å². The lowest BCUT2D eigenvalue weighted by atomic mass is 9.86. The van der Waals surface area contributed by atoms with Gasteiger partial charge in [0.25, 0.3) is 0 Å². The van der Waals surface area contributed by atoms with Crippen molar-refractivity contribution in [3.8, 4) is 11.3 Å². The summed E-state index contributed by atoms with van der Waals surface area (Å²) in [6, 6.07) is 30.5. The normalized spacial score (nSPS) is 12.4. The molecule has 0 aliphatic carbocycles. The second kappa shape index (κ2) is 7.97. The number of nitrogens with zero attached hydrogens (tertiary/aromatic N) is 2. The van der Waals surface area contributed by atoms with E-state index in [9.17, 15) is 0 Å². The number of pyridine rings is 1. The first-order chi connectivity index (χ1) is 15.5. The highest BCUT2D eigenvalue weighted by atomic mass is 16.3. The molecule has 32 heavy (non-hydrogen) atoms. The molecule has 0 fully saturated rings. The fourth-order valence-corrected chi connectivity index (χ4v) is 3.73. The lowest BCUT2D eigenvalue weighted by molar-refractivity contribution is 0.589. The molecule has 5 aromatic rings. The van der Waals surface area contributed by atoms with Crippen molar-refractivity contribution < 1.29 is 4.42 Å². The Labute approximate surface area is 187 Å². The van der Waals surface area contributed by atoms with Crippen LogP contribution in [0.1, 0.15) is 26.3 Å². The smallest absolute Gasteiger partial charge is 0.146 e. The zero-order valence-corrected chi connectivity index (χ0v) is 18.5. The van der Waals surface area contributed by atoms with Crippen LogP contribution in [0, 0.1) is 0 Å². The monoisotopic (exact) mass is 419 g/mol. The van der Waals surface area contributed by atoms with Crippen LogP contribution < -0.4 is 10.8 Å². The van der Waals surface area contributed by atoms with E-state index in [0.717, 1.165) is 38.6 Å². The lowest BCUT2D eigenvalue weighted by Crippen LogP contribution is -2.10. The number of benzene rings is 3. The molecule has 0 bridgehead atoms. The van der Waals surface area contributed by atoms with E-state index in [1.807, 2.05) is 66.7 Å². The molecule has 0 saturated heterocycles. The lowest BCUT2D eigenvalue weighted by Gasteiger charge is -2.19. The van der Waals surface area contributed by atoms with E-state index < -0.39 is 0 Å². The number of rotatable bonds is 3. The molecule has 1 N–H and O–H groups in total. The van der Waals surface area contributed by atoms with E-state index in [1.165, 1.54) is 5.56 Å². The van der Waals surface area contributed by atoms with E-state index in [-0.39, 0.29) is 5.41 Å². The summed E-state index contributed by atoms with van der Waals surface area (Å²) >= 11 is 0. The highest BCUT2D eigenvalue weighted by molar-refractivity contribution is 5.80. The van der Waals surface area contributed by atoms with Crippen LogP contribution in [-0.4, -0.2) is 4.98 Å². The van der Waals surface area contributed by atoms with Crippen LogP contribution in [-0.2, 0) is 5.41 Å². The van der Waals surface area contributed by atoms with Gasteiger partial charge in [0.2, 0.25) is 0 Å². The van der Waals surface area contributed by atoms with Gasteiger partial charge in [-0.2, -0.15) is 5.10 Å². The molecular weight excluding hydrogens is 394 g/mol. The Kier molecular flexibility index (Phi) is 4.98. The molecule has 2 heterocycles. The predicted molar refractivity (Wildman–Crippen MR) is 131 cm³/mol. The third-order valence-corrected chi connectivity index (χ3v) is 5.58. The van der Waals surface area contributed by atoms with Gasteiger partial charge < -0.3 is 4.42 Å². The molecule has 158 valence electrons. The molecule has 4 heteroatoms. The molecular formula is C28H25N3O. The van der Waals surface area contributed by atoms with Crippen LogP contribution in [0.3, 0.4) is 0 Å². The van der Waals surface area contributed by atoms with Gasteiger partial charge in [-0.05, 0) is 41.3 Å². The standard InChI is InChI=1S/C28H25N3O/c1-28(2,3)21-15-12-20(13-16-21)26-18-24(22-9-5-7-11-25(22)32-26)30-31-27-17-14-19-8-4-6-10-23(19)29-27/h4-18H,1-3H3,(H,29,31)/b30-24-. The third kappa shape index (κ3) is 4.00. The van der Waals surface area contributed by atoms with E-state index in [2.05, 4.69) is 60.5 Å². The van der Waals surface area contributed by atoms with Crippen molar-refractivity contribution in [3.05, 3.63) is 102 Å². The van der Waals surface area contributed by atoms with E-state index in [0.29, 0.717) is 5.82 Å². The highest BCUT2D eigenvalue weighted by Crippen LogP contribution is 2.27.